The third-order valence-corrected chi connectivity index (χ3v) is 3.52. The fourth-order valence-electron chi connectivity index (χ4n) is 2.48. The summed E-state index contributed by atoms with van der Waals surface area (Å²) in [6.07, 6.45) is 4.12. The molecule has 1 heterocycles. The first-order valence-corrected chi connectivity index (χ1v) is 6.86. The Morgan fingerprint density at radius 1 is 1.10 bits per heavy atom. The van der Waals surface area contributed by atoms with Crippen LogP contribution in [0.4, 0.5) is 0 Å². The first-order chi connectivity index (χ1) is 10.3. The first kappa shape index (κ1) is 13.5. The monoisotopic (exact) mass is 279 g/mol. The predicted octanol–water partition coefficient (Wildman–Crippen LogP) is 2.88. The highest BCUT2D eigenvalue weighted by Crippen LogP contribution is 2.23. The lowest BCUT2D eigenvalue weighted by Crippen LogP contribution is -2.14. The van der Waals surface area contributed by atoms with Crippen LogP contribution in [0.5, 0.6) is 5.75 Å². The van der Waals surface area contributed by atoms with Crippen molar-refractivity contribution in [3.05, 3.63) is 66.0 Å². The van der Waals surface area contributed by atoms with Crippen LogP contribution in [0.25, 0.3) is 11.0 Å². The summed E-state index contributed by atoms with van der Waals surface area (Å²) < 4.78 is 5.25. The molecule has 0 bridgehead atoms. The number of aromatic nitrogens is 2. The molecular formula is C17H17N3O. The molecule has 1 aromatic heterocycles. The van der Waals surface area contributed by atoms with Crippen molar-refractivity contribution in [3.63, 3.8) is 0 Å². The highest BCUT2D eigenvalue weighted by Gasteiger charge is 2.12. The van der Waals surface area contributed by atoms with Crippen LogP contribution < -0.4 is 10.5 Å². The molecule has 0 aliphatic carbocycles. The van der Waals surface area contributed by atoms with Gasteiger partial charge < -0.3 is 10.5 Å². The van der Waals surface area contributed by atoms with E-state index in [2.05, 4.69) is 16.0 Å². The van der Waals surface area contributed by atoms with Crippen molar-refractivity contribution in [1.29, 1.82) is 0 Å². The Morgan fingerprint density at radius 2 is 1.90 bits per heavy atom. The van der Waals surface area contributed by atoms with E-state index < -0.39 is 0 Å². The molecule has 4 nitrogen and oxygen atoms in total. The summed E-state index contributed by atoms with van der Waals surface area (Å²) in [5.74, 6) is 0.845. The van der Waals surface area contributed by atoms with Crippen molar-refractivity contribution in [3.8, 4) is 5.75 Å². The number of benzene rings is 2. The average Bonchev–Trinajstić information content (AvgIpc) is 2.54. The van der Waals surface area contributed by atoms with E-state index in [0.29, 0.717) is 0 Å². The summed E-state index contributed by atoms with van der Waals surface area (Å²) >= 11 is 0. The van der Waals surface area contributed by atoms with Gasteiger partial charge in [-0.3, -0.25) is 9.97 Å². The molecule has 2 aromatic carbocycles. The van der Waals surface area contributed by atoms with Crippen LogP contribution in [-0.2, 0) is 6.42 Å². The zero-order chi connectivity index (χ0) is 14.7. The predicted molar refractivity (Wildman–Crippen MR) is 83.2 cm³/mol. The number of methoxy groups -OCH3 is 1. The number of rotatable bonds is 4. The highest BCUT2D eigenvalue weighted by molar-refractivity contribution is 5.78. The van der Waals surface area contributed by atoms with E-state index in [9.17, 15) is 0 Å². The molecular weight excluding hydrogens is 262 g/mol. The van der Waals surface area contributed by atoms with Crippen molar-refractivity contribution in [2.45, 2.75) is 12.5 Å². The second kappa shape index (κ2) is 5.89. The average molecular weight is 279 g/mol. The molecule has 0 radical (unpaired) electrons. The molecule has 0 spiro atoms. The summed E-state index contributed by atoms with van der Waals surface area (Å²) in [4.78, 5) is 8.73. The van der Waals surface area contributed by atoms with Gasteiger partial charge in [-0.1, -0.05) is 24.3 Å². The van der Waals surface area contributed by atoms with E-state index in [0.717, 1.165) is 34.3 Å². The van der Waals surface area contributed by atoms with Gasteiger partial charge in [0, 0.05) is 18.4 Å². The standard InChI is InChI=1S/C17H17N3O/c1-21-13-5-2-4-12(10-13)11-15(18)14-6-3-7-16-17(14)20-9-8-19-16/h2-10,15H,11,18H2,1H3. The van der Waals surface area contributed by atoms with Crippen molar-refractivity contribution >= 4 is 11.0 Å². The SMILES string of the molecule is COc1cccc(CC(N)c2cccc3nccnc23)c1. The minimum atomic E-state index is -0.127. The summed E-state index contributed by atoms with van der Waals surface area (Å²) in [6.45, 7) is 0. The Bertz CT molecular complexity index is 752. The van der Waals surface area contributed by atoms with Crippen molar-refractivity contribution < 1.29 is 4.74 Å². The van der Waals surface area contributed by atoms with Crippen LogP contribution in [0.1, 0.15) is 17.2 Å². The molecule has 106 valence electrons. The summed E-state index contributed by atoms with van der Waals surface area (Å²) in [5.41, 5.74) is 10.3. The van der Waals surface area contributed by atoms with Gasteiger partial charge in [-0.05, 0) is 35.7 Å². The van der Waals surface area contributed by atoms with Crippen molar-refractivity contribution in [2.24, 2.45) is 5.73 Å². The van der Waals surface area contributed by atoms with Crippen molar-refractivity contribution in [2.75, 3.05) is 7.11 Å². The number of hydrogen-bond acceptors (Lipinski definition) is 4. The number of para-hydroxylation sites is 1. The molecule has 4 heteroatoms. The van der Waals surface area contributed by atoms with Crippen LogP contribution in [-0.4, -0.2) is 17.1 Å². The summed E-state index contributed by atoms with van der Waals surface area (Å²) in [6, 6.07) is 13.8. The van der Waals surface area contributed by atoms with Crippen LogP contribution in [0, 0.1) is 0 Å². The van der Waals surface area contributed by atoms with E-state index in [1.807, 2.05) is 36.4 Å². The number of nitrogens with two attached hydrogens (primary N) is 1. The molecule has 3 rings (SSSR count). The topological polar surface area (TPSA) is 61.0 Å². The van der Waals surface area contributed by atoms with Gasteiger partial charge in [-0.2, -0.15) is 0 Å². The molecule has 1 atom stereocenters. The number of fused-ring (bicyclic) bond motifs is 1. The molecule has 0 aliphatic heterocycles. The van der Waals surface area contributed by atoms with Gasteiger partial charge >= 0.3 is 0 Å². The van der Waals surface area contributed by atoms with Crippen molar-refractivity contribution in [1.82, 2.24) is 9.97 Å². The van der Waals surface area contributed by atoms with Crippen LogP contribution in [0.3, 0.4) is 0 Å². The molecule has 21 heavy (non-hydrogen) atoms. The summed E-state index contributed by atoms with van der Waals surface area (Å²) in [5, 5.41) is 0. The van der Waals surface area contributed by atoms with Gasteiger partial charge in [-0.25, -0.2) is 0 Å². The van der Waals surface area contributed by atoms with E-state index in [4.69, 9.17) is 10.5 Å². The number of ether oxygens (including phenoxy) is 1. The highest BCUT2D eigenvalue weighted by atomic mass is 16.5. The van der Waals surface area contributed by atoms with Crippen LogP contribution in [0.2, 0.25) is 0 Å². The largest absolute Gasteiger partial charge is 0.497 e. The minimum Gasteiger partial charge on any atom is -0.497 e. The molecule has 1 unspecified atom stereocenters. The Morgan fingerprint density at radius 3 is 2.76 bits per heavy atom. The molecule has 0 saturated heterocycles. The summed E-state index contributed by atoms with van der Waals surface area (Å²) in [7, 11) is 1.67. The zero-order valence-electron chi connectivity index (χ0n) is 11.9. The molecule has 0 saturated carbocycles. The smallest absolute Gasteiger partial charge is 0.119 e. The maximum Gasteiger partial charge on any atom is 0.119 e. The number of hydrogen-bond donors (Lipinski definition) is 1. The van der Waals surface area contributed by atoms with E-state index in [-0.39, 0.29) is 6.04 Å². The second-order valence-electron chi connectivity index (χ2n) is 4.93. The lowest BCUT2D eigenvalue weighted by atomic mass is 9.98. The quantitative estimate of drug-likeness (QED) is 0.797. The van der Waals surface area contributed by atoms with Gasteiger partial charge in [0.2, 0.25) is 0 Å². The van der Waals surface area contributed by atoms with Gasteiger partial charge in [0.25, 0.3) is 0 Å². The second-order valence-corrected chi connectivity index (χ2v) is 4.93. The first-order valence-electron chi connectivity index (χ1n) is 6.86. The number of nitrogens with zero attached hydrogens (tertiary/aromatic N) is 2. The maximum absolute atomic E-state index is 6.38. The molecule has 0 amide bonds. The zero-order valence-corrected chi connectivity index (χ0v) is 11.9. The molecule has 2 N–H and O–H groups in total. The fourth-order valence-corrected chi connectivity index (χ4v) is 2.48. The van der Waals surface area contributed by atoms with E-state index >= 15 is 0 Å². The fraction of sp³-hybridized carbons (Fsp3) is 0.176. The van der Waals surface area contributed by atoms with Crippen LogP contribution in [0.15, 0.2) is 54.9 Å². The Balaban J connectivity index is 1.91. The van der Waals surface area contributed by atoms with E-state index in [1.165, 1.54) is 0 Å². The third-order valence-electron chi connectivity index (χ3n) is 3.52. The molecule has 3 aromatic rings. The normalized spacial score (nSPS) is 12.3. The lowest BCUT2D eigenvalue weighted by molar-refractivity contribution is 0.414. The van der Waals surface area contributed by atoms with Gasteiger partial charge in [0.15, 0.2) is 0 Å². The van der Waals surface area contributed by atoms with Gasteiger partial charge in [0.05, 0.1) is 18.1 Å². The maximum atomic E-state index is 6.38. The third kappa shape index (κ3) is 2.85. The van der Waals surface area contributed by atoms with E-state index in [1.54, 1.807) is 19.5 Å². The molecule has 0 fully saturated rings. The Kier molecular flexibility index (Phi) is 3.79. The molecule has 0 aliphatic rings. The Hall–Kier alpha value is -2.46. The van der Waals surface area contributed by atoms with Crippen LogP contribution >= 0.6 is 0 Å². The Labute approximate surface area is 123 Å². The lowest BCUT2D eigenvalue weighted by Gasteiger charge is -2.14. The minimum absolute atomic E-state index is 0.127. The van der Waals surface area contributed by atoms with Gasteiger partial charge in [0.1, 0.15) is 5.75 Å². The van der Waals surface area contributed by atoms with Gasteiger partial charge in [-0.15, -0.1) is 0 Å².